The Labute approximate surface area is 118 Å². The number of likely N-dealkylation sites (tertiary alicyclic amines) is 1. The molecule has 116 valence electrons. The van der Waals surface area contributed by atoms with Crippen LogP contribution in [0.4, 0.5) is 17.6 Å². The predicted molar refractivity (Wildman–Crippen MR) is 65.8 cm³/mol. The van der Waals surface area contributed by atoms with Crippen LogP contribution in [0, 0.1) is 29.2 Å². The smallest absolute Gasteiger partial charge is 0.341 e. The molecule has 1 fully saturated rings. The minimum Gasteiger partial charge on any atom is -0.477 e. The quantitative estimate of drug-likeness (QED) is 0.661. The van der Waals surface area contributed by atoms with E-state index in [1.807, 2.05) is 0 Å². The van der Waals surface area contributed by atoms with Crippen LogP contribution in [0.5, 0.6) is 0 Å². The van der Waals surface area contributed by atoms with E-state index in [1.165, 1.54) is 0 Å². The highest BCUT2D eigenvalue weighted by Gasteiger charge is 2.38. The first-order valence-electron chi connectivity index (χ1n) is 6.29. The van der Waals surface area contributed by atoms with Crippen molar-refractivity contribution < 1.29 is 27.5 Å². The summed E-state index contributed by atoms with van der Waals surface area (Å²) in [6.07, 6.45) is 0.242. The second-order valence-electron chi connectivity index (χ2n) is 5.14. The first kappa shape index (κ1) is 15.7. The topological polar surface area (TPSA) is 66.6 Å². The maximum atomic E-state index is 14.0. The molecule has 1 aromatic rings. The van der Waals surface area contributed by atoms with Crippen molar-refractivity contribution in [3.05, 3.63) is 34.4 Å². The molecule has 0 spiro atoms. The van der Waals surface area contributed by atoms with Gasteiger partial charge in [0.15, 0.2) is 23.3 Å². The second-order valence-corrected chi connectivity index (χ2v) is 5.14. The summed E-state index contributed by atoms with van der Waals surface area (Å²) in [7, 11) is 1.56. The van der Waals surface area contributed by atoms with Crippen molar-refractivity contribution in [3.63, 3.8) is 0 Å². The molecule has 0 aliphatic carbocycles. The molecular formula is C13H14F4N2O2. The molecular weight excluding hydrogens is 292 g/mol. The molecule has 2 unspecified atom stereocenters. The first-order valence-corrected chi connectivity index (χ1v) is 6.29. The molecule has 0 amide bonds. The summed E-state index contributed by atoms with van der Waals surface area (Å²) in [5, 5.41) is 8.64. The van der Waals surface area contributed by atoms with Gasteiger partial charge in [-0.3, -0.25) is 4.90 Å². The highest BCUT2D eigenvalue weighted by molar-refractivity contribution is 5.88. The number of rotatable bonds is 3. The van der Waals surface area contributed by atoms with E-state index in [0.717, 1.165) is 0 Å². The highest BCUT2D eigenvalue weighted by Crippen LogP contribution is 2.38. The van der Waals surface area contributed by atoms with Crippen LogP contribution in [-0.4, -0.2) is 36.1 Å². The van der Waals surface area contributed by atoms with Crippen LogP contribution in [0.25, 0.3) is 0 Å². The van der Waals surface area contributed by atoms with Gasteiger partial charge in [-0.05, 0) is 25.9 Å². The van der Waals surface area contributed by atoms with Crippen molar-refractivity contribution in [2.45, 2.75) is 12.5 Å². The van der Waals surface area contributed by atoms with Gasteiger partial charge in [0.25, 0.3) is 0 Å². The fraction of sp³-hybridized carbons (Fsp3) is 0.462. The Morgan fingerprint density at radius 3 is 2.14 bits per heavy atom. The Morgan fingerprint density at radius 1 is 1.24 bits per heavy atom. The molecule has 0 bridgehead atoms. The molecule has 3 N–H and O–H groups in total. The van der Waals surface area contributed by atoms with Gasteiger partial charge in [-0.25, -0.2) is 22.4 Å². The van der Waals surface area contributed by atoms with Gasteiger partial charge in [-0.2, -0.15) is 0 Å². The summed E-state index contributed by atoms with van der Waals surface area (Å²) in [6, 6.07) is -0.884. The van der Waals surface area contributed by atoms with Crippen molar-refractivity contribution >= 4 is 5.97 Å². The van der Waals surface area contributed by atoms with E-state index < -0.39 is 46.4 Å². The van der Waals surface area contributed by atoms with Gasteiger partial charge in [0.2, 0.25) is 0 Å². The lowest BCUT2D eigenvalue weighted by atomic mass is 9.97. The van der Waals surface area contributed by atoms with Crippen LogP contribution < -0.4 is 5.73 Å². The van der Waals surface area contributed by atoms with Gasteiger partial charge < -0.3 is 10.8 Å². The lowest BCUT2D eigenvalue weighted by Crippen LogP contribution is -2.23. The van der Waals surface area contributed by atoms with Crippen molar-refractivity contribution in [2.75, 3.05) is 20.1 Å². The normalized spacial score (nSPS) is 22.8. The summed E-state index contributed by atoms with van der Waals surface area (Å²) in [5.74, 6) is -9.22. The second kappa shape index (κ2) is 5.61. The number of carboxylic acid groups (broad SMARTS) is 1. The number of benzene rings is 1. The molecule has 1 aliphatic heterocycles. The first-order chi connectivity index (χ1) is 9.79. The number of aromatic carboxylic acids is 1. The van der Waals surface area contributed by atoms with E-state index >= 15 is 0 Å². The Kier molecular flexibility index (Phi) is 4.20. The molecule has 2 atom stereocenters. The molecule has 4 nitrogen and oxygen atoms in total. The Morgan fingerprint density at radius 2 is 1.76 bits per heavy atom. The summed E-state index contributed by atoms with van der Waals surface area (Å²) >= 11 is 0. The van der Waals surface area contributed by atoms with Crippen LogP contribution in [0.2, 0.25) is 0 Å². The zero-order chi connectivity index (χ0) is 15.9. The van der Waals surface area contributed by atoms with Crippen LogP contribution in [0.3, 0.4) is 0 Å². The van der Waals surface area contributed by atoms with E-state index in [9.17, 15) is 22.4 Å². The summed E-state index contributed by atoms with van der Waals surface area (Å²) in [6.45, 7) is 0.715. The van der Waals surface area contributed by atoms with Crippen molar-refractivity contribution in [3.8, 4) is 0 Å². The van der Waals surface area contributed by atoms with Gasteiger partial charge in [-0.1, -0.05) is 0 Å². The minimum atomic E-state index is -2.06. The van der Waals surface area contributed by atoms with E-state index in [-0.39, 0.29) is 18.9 Å². The van der Waals surface area contributed by atoms with E-state index in [1.54, 1.807) is 11.9 Å². The molecule has 0 aromatic heterocycles. The Balaban J connectivity index is 2.58. The monoisotopic (exact) mass is 306 g/mol. The number of hydrogen-bond donors (Lipinski definition) is 2. The maximum Gasteiger partial charge on any atom is 0.341 e. The number of nitrogens with zero attached hydrogens (tertiary/aromatic N) is 1. The lowest BCUT2D eigenvalue weighted by Gasteiger charge is -2.21. The van der Waals surface area contributed by atoms with Crippen LogP contribution in [0.1, 0.15) is 28.4 Å². The highest BCUT2D eigenvalue weighted by atomic mass is 19.2. The molecule has 1 saturated heterocycles. The number of nitrogens with two attached hydrogens (primary N) is 1. The maximum absolute atomic E-state index is 14.0. The zero-order valence-corrected chi connectivity index (χ0v) is 11.2. The number of carbonyl (C=O) groups is 1. The van der Waals surface area contributed by atoms with Gasteiger partial charge in [0, 0.05) is 18.2 Å². The number of carboxylic acids is 1. The van der Waals surface area contributed by atoms with Crippen molar-refractivity contribution in [1.82, 2.24) is 4.90 Å². The van der Waals surface area contributed by atoms with Crippen LogP contribution in [-0.2, 0) is 0 Å². The number of hydrogen-bond acceptors (Lipinski definition) is 3. The summed E-state index contributed by atoms with van der Waals surface area (Å²) < 4.78 is 55.4. The molecule has 0 radical (unpaired) electrons. The third-order valence-corrected chi connectivity index (χ3v) is 3.81. The largest absolute Gasteiger partial charge is 0.477 e. The Hall–Kier alpha value is -1.67. The third kappa shape index (κ3) is 2.49. The molecule has 1 aliphatic rings. The van der Waals surface area contributed by atoms with Crippen molar-refractivity contribution in [2.24, 2.45) is 11.7 Å². The molecule has 21 heavy (non-hydrogen) atoms. The van der Waals surface area contributed by atoms with E-state index in [4.69, 9.17) is 10.8 Å². The Bertz CT molecular complexity index is 565. The predicted octanol–water partition coefficient (Wildman–Crippen LogP) is 1.89. The molecule has 1 heterocycles. The van der Waals surface area contributed by atoms with Gasteiger partial charge >= 0.3 is 5.97 Å². The van der Waals surface area contributed by atoms with Crippen LogP contribution >= 0.6 is 0 Å². The zero-order valence-electron chi connectivity index (χ0n) is 11.2. The van der Waals surface area contributed by atoms with Gasteiger partial charge in [0.05, 0.1) is 0 Å². The minimum absolute atomic E-state index is 0.0518. The van der Waals surface area contributed by atoms with Gasteiger partial charge in [-0.15, -0.1) is 0 Å². The van der Waals surface area contributed by atoms with E-state index in [2.05, 4.69) is 0 Å². The average Bonchev–Trinajstić information content (AvgIpc) is 2.78. The molecule has 8 heteroatoms. The fourth-order valence-electron chi connectivity index (χ4n) is 2.74. The summed E-state index contributed by atoms with van der Waals surface area (Å²) in [5.41, 5.74) is 3.09. The van der Waals surface area contributed by atoms with Gasteiger partial charge in [0.1, 0.15) is 5.56 Å². The molecule has 0 saturated carbocycles. The fourth-order valence-corrected chi connectivity index (χ4v) is 2.74. The van der Waals surface area contributed by atoms with Crippen molar-refractivity contribution in [1.29, 1.82) is 0 Å². The molecule has 2 rings (SSSR count). The lowest BCUT2D eigenvalue weighted by molar-refractivity contribution is 0.0683. The number of halogens is 4. The standard InChI is InChI=1S/C13H14F4N2O2/c1-19-4-5(3-18)2-6(19)7-9(14)11(16)8(13(20)21)12(17)10(7)15/h5-6H,2-4,18H2,1H3,(H,20,21). The SMILES string of the molecule is CN1CC(CN)CC1c1c(F)c(F)c(C(=O)O)c(F)c1F. The molecule has 1 aromatic carbocycles. The van der Waals surface area contributed by atoms with Crippen LogP contribution in [0.15, 0.2) is 0 Å². The average molecular weight is 306 g/mol. The van der Waals surface area contributed by atoms with E-state index in [0.29, 0.717) is 6.54 Å². The third-order valence-electron chi connectivity index (χ3n) is 3.81. The summed E-state index contributed by atoms with van der Waals surface area (Å²) in [4.78, 5) is 12.2.